The summed E-state index contributed by atoms with van der Waals surface area (Å²) in [5.74, 6) is 0.809. The van der Waals surface area contributed by atoms with Crippen molar-refractivity contribution >= 4 is 18.1 Å². The van der Waals surface area contributed by atoms with Gasteiger partial charge in [-0.2, -0.15) is 0 Å². The van der Waals surface area contributed by atoms with Crippen LogP contribution in [0.3, 0.4) is 0 Å². The van der Waals surface area contributed by atoms with Crippen LogP contribution in [0, 0.1) is 11.8 Å². The molecule has 4 aromatic rings. The lowest BCUT2D eigenvalue weighted by Crippen LogP contribution is -2.52. The number of carbonyl (C=O) groups excluding carboxylic acids is 3. The Kier molecular flexibility index (Phi) is 12.6. The zero-order valence-corrected chi connectivity index (χ0v) is 35.2. The normalized spacial score (nSPS) is 19.8. The highest BCUT2D eigenvalue weighted by Gasteiger charge is 2.39. The summed E-state index contributed by atoms with van der Waals surface area (Å²) in [7, 11) is 2.73. The standard InChI is InChI=1S/C46H61N7O5/c1-27(2)39(50-45(55)57-6)29(5)52-24-10-14-37(52)42-35-13-9-8-12-34(35)41(49-42)33-22-18-31(19-23-33)30-16-20-32(21-17-30)36-26-47-43(48-36)38-15-11-25-53(38)44(54)40(28(3)4)51-46(56)58-7/h16-23,26-29,37-40,49H,8-15,24-25H2,1-7H3,(H,47,48)(H,50,55)(H,51,56)/t29?,37?,38-,39-,40-/m0/s1. The first-order valence-electron chi connectivity index (χ1n) is 21.2. The first-order chi connectivity index (χ1) is 28.0. The summed E-state index contributed by atoms with van der Waals surface area (Å²) in [4.78, 5) is 54.5. The molecule has 12 heteroatoms. The molecule has 2 aliphatic heterocycles. The van der Waals surface area contributed by atoms with E-state index in [9.17, 15) is 14.4 Å². The van der Waals surface area contributed by atoms with Gasteiger partial charge in [0.05, 0.1) is 38.2 Å². The molecule has 5 atom stereocenters. The van der Waals surface area contributed by atoms with Gasteiger partial charge in [0.1, 0.15) is 11.9 Å². The molecule has 2 aromatic heterocycles. The first kappa shape index (κ1) is 41.1. The maximum atomic E-state index is 13.6. The molecule has 0 radical (unpaired) electrons. The van der Waals surface area contributed by atoms with Crippen LogP contribution >= 0.6 is 0 Å². The Morgan fingerprint density at radius 3 is 1.93 bits per heavy atom. The summed E-state index contributed by atoms with van der Waals surface area (Å²) in [6, 6.07) is 17.0. The Morgan fingerprint density at radius 1 is 0.707 bits per heavy atom. The summed E-state index contributed by atoms with van der Waals surface area (Å²) in [6.45, 7) is 12.0. The number of amides is 3. The third kappa shape index (κ3) is 8.39. The molecule has 7 rings (SSSR count). The molecule has 1 aliphatic carbocycles. The van der Waals surface area contributed by atoms with Crippen molar-refractivity contribution in [1.29, 1.82) is 0 Å². The number of imidazole rings is 1. The Hall–Kier alpha value is -5.10. The monoisotopic (exact) mass is 791 g/mol. The molecule has 310 valence electrons. The number of alkyl carbamates (subject to hydrolysis) is 2. The third-order valence-electron chi connectivity index (χ3n) is 12.8. The first-order valence-corrected chi connectivity index (χ1v) is 21.2. The van der Waals surface area contributed by atoms with E-state index < -0.39 is 12.1 Å². The summed E-state index contributed by atoms with van der Waals surface area (Å²) in [5, 5.41) is 5.84. The fourth-order valence-electron chi connectivity index (χ4n) is 9.64. The predicted molar refractivity (Wildman–Crippen MR) is 226 cm³/mol. The van der Waals surface area contributed by atoms with E-state index in [4.69, 9.17) is 14.5 Å². The number of H-pyrrole nitrogens is 2. The molecule has 12 nitrogen and oxygen atoms in total. The van der Waals surface area contributed by atoms with E-state index in [0.29, 0.717) is 6.54 Å². The predicted octanol–water partition coefficient (Wildman–Crippen LogP) is 8.57. The Bertz CT molecular complexity index is 2050. The minimum atomic E-state index is -0.672. The highest BCUT2D eigenvalue weighted by molar-refractivity contribution is 5.86. The van der Waals surface area contributed by atoms with E-state index in [0.717, 1.165) is 73.3 Å². The van der Waals surface area contributed by atoms with Crippen LogP contribution in [-0.2, 0) is 27.1 Å². The molecule has 3 amide bonds. The van der Waals surface area contributed by atoms with Crippen LogP contribution in [0.15, 0.2) is 54.7 Å². The second kappa shape index (κ2) is 17.8. The highest BCUT2D eigenvalue weighted by atomic mass is 16.5. The van der Waals surface area contributed by atoms with Crippen molar-refractivity contribution in [3.05, 3.63) is 77.4 Å². The van der Waals surface area contributed by atoms with E-state index in [2.05, 4.69) is 94.8 Å². The van der Waals surface area contributed by atoms with Crippen LogP contribution in [0.1, 0.15) is 108 Å². The number of nitrogens with zero attached hydrogens (tertiary/aromatic N) is 3. The van der Waals surface area contributed by atoms with Crippen molar-refractivity contribution in [2.24, 2.45) is 11.8 Å². The van der Waals surface area contributed by atoms with Crippen molar-refractivity contribution in [2.45, 2.75) is 116 Å². The lowest BCUT2D eigenvalue weighted by molar-refractivity contribution is -0.135. The van der Waals surface area contributed by atoms with Gasteiger partial charge >= 0.3 is 12.2 Å². The molecule has 0 spiro atoms. The Balaban J connectivity index is 1.06. The molecule has 3 aliphatic rings. The van der Waals surface area contributed by atoms with Crippen molar-refractivity contribution in [3.8, 4) is 33.6 Å². The fourth-order valence-corrected chi connectivity index (χ4v) is 9.64. The quantitative estimate of drug-likeness (QED) is 0.113. The average molecular weight is 792 g/mol. The molecule has 2 fully saturated rings. The molecule has 2 unspecified atom stereocenters. The number of methoxy groups -OCH3 is 2. The van der Waals surface area contributed by atoms with Crippen LogP contribution in [0.5, 0.6) is 0 Å². The molecule has 2 aromatic carbocycles. The number of aromatic amines is 2. The summed E-state index contributed by atoms with van der Waals surface area (Å²) in [6.07, 6.45) is 9.35. The summed E-state index contributed by atoms with van der Waals surface area (Å²) < 4.78 is 9.77. The zero-order valence-electron chi connectivity index (χ0n) is 35.2. The number of benzene rings is 2. The maximum absolute atomic E-state index is 13.6. The van der Waals surface area contributed by atoms with Crippen molar-refractivity contribution in [1.82, 2.24) is 35.4 Å². The number of nitrogens with one attached hydrogen (secondary N) is 4. The molecular weight excluding hydrogens is 731 g/mol. The van der Waals surface area contributed by atoms with E-state index >= 15 is 0 Å². The molecule has 58 heavy (non-hydrogen) atoms. The Labute approximate surface area is 342 Å². The number of likely N-dealkylation sites (tertiary alicyclic amines) is 2. The second-order valence-electron chi connectivity index (χ2n) is 17.0. The van der Waals surface area contributed by atoms with Gasteiger partial charge in [0.15, 0.2) is 0 Å². The topological polar surface area (TPSA) is 145 Å². The number of rotatable bonds is 12. The lowest BCUT2D eigenvalue weighted by Gasteiger charge is -2.38. The minimum Gasteiger partial charge on any atom is -0.453 e. The third-order valence-corrected chi connectivity index (χ3v) is 12.8. The maximum Gasteiger partial charge on any atom is 0.407 e. The van der Waals surface area contributed by atoms with Crippen molar-refractivity contribution in [3.63, 3.8) is 0 Å². The van der Waals surface area contributed by atoms with Crippen LogP contribution in [0.2, 0.25) is 0 Å². The van der Waals surface area contributed by atoms with E-state index in [-0.39, 0.29) is 48.0 Å². The van der Waals surface area contributed by atoms with Crippen molar-refractivity contribution in [2.75, 3.05) is 27.3 Å². The largest absolute Gasteiger partial charge is 0.453 e. The van der Waals surface area contributed by atoms with Gasteiger partial charge < -0.3 is 35.0 Å². The molecular formula is C46H61N7O5. The molecule has 0 saturated carbocycles. The van der Waals surface area contributed by atoms with Gasteiger partial charge in [0, 0.05) is 30.0 Å². The van der Waals surface area contributed by atoms with Gasteiger partial charge in [0.25, 0.3) is 0 Å². The van der Waals surface area contributed by atoms with E-state index in [1.165, 1.54) is 55.1 Å². The minimum absolute atomic E-state index is 0.0149. The van der Waals surface area contributed by atoms with Crippen LogP contribution in [0.4, 0.5) is 9.59 Å². The van der Waals surface area contributed by atoms with Crippen molar-refractivity contribution < 1.29 is 23.9 Å². The van der Waals surface area contributed by atoms with Gasteiger partial charge in [-0.05, 0) is 110 Å². The fraction of sp³-hybridized carbons (Fsp3) is 0.522. The highest BCUT2D eigenvalue weighted by Crippen LogP contribution is 2.43. The summed E-state index contributed by atoms with van der Waals surface area (Å²) in [5.41, 5.74) is 11.0. The number of fused-ring (bicyclic) bond motifs is 1. The number of ether oxygens (including phenoxy) is 2. The van der Waals surface area contributed by atoms with E-state index in [1.54, 1.807) is 0 Å². The number of hydrogen-bond acceptors (Lipinski definition) is 7. The number of aromatic nitrogens is 3. The molecule has 2 saturated heterocycles. The van der Waals surface area contributed by atoms with E-state index in [1.807, 2.05) is 24.9 Å². The van der Waals surface area contributed by atoms with Crippen LogP contribution in [-0.4, -0.2) is 88.3 Å². The molecule has 4 N–H and O–H groups in total. The van der Waals surface area contributed by atoms with Crippen LogP contribution < -0.4 is 10.6 Å². The number of carbonyl (C=O) groups is 3. The van der Waals surface area contributed by atoms with Gasteiger partial charge in [-0.15, -0.1) is 0 Å². The zero-order chi connectivity index (χ0) is 41.1. The second-order valence-corrected chi connectivity index (χ2v) is 17.0. The van der Waals surface area contributed by atoms with Gasteiger partial charge in [-0.3, -0.25) is 9.69 Å². The smallest absolute Gasteiger partial charge is 0.407 e. The summed E-state index contributed by atoms with van der Waals surface area (Å²) >= 11 is 0. The van der Waals surface area contributed by atoms with Gasteiger partial charge in [-0.1, -0.05) is 76.2 Å². The Morgan fingerprint density at radius 2 is 1.29 bits per heavy atom. The molecule has 4 heterocycles. The van der Waals surface area contributed by atoms with Gasteiger partial charge in [-0.25, -0.2) is 14.6 Å². The van der Waals surface area contributed by atoms with Gasteiger partial charge in [0.2, 0.25) is 5.91 Å². The molecule has 0 bridgehead atoms. The SMILES string of the molecule is COC(=O)N[C@@H](C(C)C)C(C)N1CCCC1c1[nH]c(-c2ccc(-c3ccc(-c4cnc([C@@H]5CCCN5C(=O)[C@@H](NC(=O)OC)C(C)C)[nH]4)cc3)cc2)c2c1CCCC2. The number of hydrogen-bond donors (Lipinski definition) is 4. The average Bonchev–Trinajstić information content (AvgIpc) is 4.07. The van der Waals surface area contributed by atoms with Crippen LogP contribution in [0.25, 0.3) is 33.6 Å². The lowest BCUT2D eigenvalue weighted by atomic mass is 9.88.